The first-order chi connectivity index (χ1) is 9.24. The third kappa shape index (κ3) is 2.18. The fraction of sp³-hybridized carbons (Fsp3) is 0. The van der Waals surface area contributed by atoms with Gasteiger partial charge in [0.25, 0.3) is 5.91 Å². The van der Waals surface area contributed by atoms with Crippen molar-refractivity contribution in [3.63, 3.8) is 0 Å². The second kappa shape index (κ2) is 4.53. The third-order valence-corrected chi connectivity index (χ3v) is 2.65. The lowest BCUT2D eigenvalue weighted by Gasteiger charge is -1.96. The topological polar surface area (TPSA) is 54.6 Å². The highest BCUT2D eigenvalue weighted by atomic mass is 19.1. The van der Waals surface area contributed by atoms with E-state index in [9.17, 15) is 9.18 Å². The Morgan fingerprint density at radius 2 is 2.05 bits per heavy atom. The maximum atomic E-state index is 13.5. The van der Waals surface area contributed by atoms with Crippen LogP contribution in [0, 0.1) is 5.82 Å². The van der Waals surface area contributed by atoms with Crippen LogP contribution >= 0.6 is 0 Å². The highest BCUT2D eigenvalue weighted by Crippen LogP contribution is 2.16. The molecule has 1 aromatic heterocycles. The molecule has 0 spiro atoms. The molecule has 1 aliphatic heterocycles. The normalized spacial score (nSPS) is 16.6. The van der Waals surface area contributed by atoms with Crippen LogP contribution in [0.3, 0.4) is 0 Å². The smallest absolute Gasteiger partial charge is 0.275 e. The van der Waals surface area contributed by atoms with Crippen LogP contribution < -0.4 is 5.32 Å². The molecular formula is C14H9FN2O2. The first kappa shape index (κ1) is 11.4. The standard InChI is InChI=1S/C14H9FN2O2/c15-10-5-2-1-4-9(10)8-11-14(18)17-13(16-11)12-6-3-7-19-12/h1-8H,(H,16,17,18)/b11-8+. The van der Waals surface area contributed by atoms with E-state index < -0.39 is 5.82 Å². The molecule has 1 aromatic carbocycles. The molecule has 4 nitrogen and oxygen atoms in total. The molecule has 0 unspecified atom stereocenters. The monoisotopic (exact) mass is 256 g/mol. The average Bonchev–Trinajstić information content (AvgIpc) is 3.02. The Morgan fingerprint density at radius 1 is 1.21 bits per heavy atom. The zero-order chi connectivity index (χ0) is 13.2. The predicted octanol–water partition coefficient (Wildman–Crippen LogP) is 2.34. The minimum absolute atomic E-state index is 0.150. The van der Waals surface area contributed by atoms with E-state index in [0.29, 0.717) is 17.2 Å². The van der Waals surface area contributed by atoms with Gasteiger partial charge in [-0.25, -0.2) is 9.38 Å². The summed E-state index contributed by atoms with van der Waals surface area (Å²) >= 11 is 0. The number of rotatable bonds is 2. The molecule has 0 atom stereocenters. The van der Waals surface area contributed by atoms with Crippen molar-refractivity contribution in [2.75, 3.05) is 0 Å². The van der Waals surface area contributed by atoms with Crippen LogP contribution in [0.2, 0.25) is 0 Å². The molecule has 0 radical (unpaired) electrons. The zero-order valence-electron chi connectivity index (χ0n) is 9.76. The number of carbonyl (C=O) groups excluding carboxylic acids is 1. The van der Waals surface area contributed by atoms with Crippen LogP contribution in [0.15, 0.2) is 57.8 Å². The van der Waals surface area contributed by atoms with Crippen molar-refractivity contribution in [1.29, 1.82) is 0 Å². The lowest BCUT2D eigenvalue weighted by Crippen LogP contribution is -2.24. The Bertz CT molecular complexity index is 687. The second-order valence-corrected chi connectivity index (χ2v) is 3.94. The van der Waals surface area contributed by atoms with Gasteiger partial charge in [0, 0.05) is 5.56 Å². The number of furan rings is 1. The summed E-state index contributed by atoms with van der Waals surface area (Å²) in [5, 5.41) is 2.57. The number of benzene rings is 1. The fourth-order valence-electron chi connectivity index (χ4n) is 1.74. The van der Waals surface area contributed by atoms with Crippen molar-refractivity contribution in [1.82, 2.24) is 5.32 Å². The van der Waals surface area contributed by atoms with Gasteiger partial charge < -0.3 is 9.73 Å². The molecule has 19 heavy (non-hydrogen) atoms. The summed E-state index contributed by atoms with van der Waals surface area (Å²) in [6.45, 7) is 0. The van der Waals surface area contributed by atoms with E-state index in [1.54, 1.807) is 30.3 Å². The summed E-state index contributed by atoms with van der Waals surface area (Å²) in [6.07, 6.45) is 2.89. The third-order valence-electron chi connectivity index (χ3n) is 2.65. The van der Waals surface area contributed by atoms with Gasteiger partial charge in [-0.3, -0.25) is 4.79 Å². The van der Waals surface area contributed by atoms with Gasteiger partial charge in [0.15, 0.2) is 11.6 Å². The van der Waals surface area contributed by atoms with Crippen LogP contribution in [0.5, 0.6) is 0 Å². The summed E-state index contributed by atoms with van der Waals surface area (Å²) in [5.74, 6) is 0.0157. The summed E-state index contributed by atoms with van der Waals surface area (Å²) in [5.41, 5.74) is 0.466. The van der Waals surface area contributed by atoms with E-state index in [2.05, 4.69) is 10.3 Å². The van der Waals surface area contributed by atoms with Crippen LogP contribution in [-0.2, 0) is 4.79 Å². The molecule has 0 saturated carbocycles. The van der Waals surface area contributed by atoms with Gasteiger partial charge in [-0.15, -0.1) is 0 Å². The fourth-order valence-corrected chi connectivity index (χ4v) is 1.74. The molecule has 3 rings (SSSR count). The van der Waals surface area contributed by atoms with Crippen LogP contribution in [-0.4, -0.2) is 11.7 Å². The molecule has 0 saturated heterocycles. The highest BCUT2D eigenvalue weighted by Gasteiger charge is 2.22. The predicted molar refractivity (Wildman–Crippen MR) is 67.8 cm³/mol. The van der Waals surface area contributed by atoms with E-state index in [1.165, 1.54) is 18.4 Å². The Kier molecular flexibility index (Phi) is 2.72. The van der Waals surface area contributed by atoms with Crippen molar-refractivity contribution in [3.05, 3.63) is 65.5 Å². The number of amides is 1. The molecule has 2 heterocycles. The molecular weight excluding hydrogens is 247 g/mol. The second-order valence-electron chi connectivity index (χ2n) is 3.94. The summed E-state index contributed by atoms with van der Waals surface area (Å²) in [4.78, 5) is 15.8. The molecule has 0 aliphatic carbocycles. The summed E-state index contributed by atoms with van der Waals surface area (Å²) in [6, 6.07) is 9.57. The number of hydrogen-bond acceptors (Lipinski definition) is 3. The minimum Gasteiger partial charge on any atom is -0.461 e. The number of nitrogens with one attached hydrogen (secondary N) is 1. The number of carbonyl (C=O) groups is 1. The molecule has 0 bridgehead atoms. The Balaban J connectivity index is 1.98. The quantitative estimate of drug-likeness (QED) is 0.838. The molecule has 1 N–H and O–H groups in total. The molecule has 2 aromatic rings. The van der Waals surface area contributed by atoms with Crippen molar-refractivity contribution >= 4 is 17.8 Å². The molecule has 0 fully saturated rings. The van der Waals surface area contributed by atoms with Crippen LogP contribution in [0.1, 0.15) is 11.3 Å². The van der Waals surface area contributed by atoms with Gasteiger partial charge in [-0.1, -0.05) is 18.2 Å². The lowest BCUT2D eigenvalue weighted by molar-refractivity contribution is -0.115. The first-order valence-corrected chi connectivity index (χ1v) is 5.64. The van der Waals surface area contributed by atoms with E-state index >= 15 is 0 Å². The minimum atomic E-state index is -0.399. The highest BCUT2D eigenvalue weighted by molar-refractivity contribution is 6.18. The van der Waals surface area contributed by atoms with Crippen molar-refractivity contribution in [2.45, 2.75) is 0 Å². The van der Waals surface area contributed by atoms with E-state index in [4.69, 9.17) is 4.42 Å². The number of halogens is 1. The van der Waals surface area contributed by atoms with Crippen molar-refractivity contribution in [3.8, 4) is 0 Å². The van der Waals surface area contributed by atoms with E-state index in [1.807, 2.05) is 0 Å². The number of amidine groups is 1. The largest absolute Gasteiger partial charge is 0.461 e. The molecule has 94 valence electrons. The van der Waals surface area contributed by atoms with E-state index in [0.717, 1.165) is 0 Å². The van der Waals surface area contributed by atoms with Gasteiger partial charge in [0.05, 0.1) is 6.26 Å². The SMILES string of the molecule is O=C1NC(c2ccco2)=N/C1=C/c1ccccc1F. The molecule has 5 heteroatoms. The maximum absolute atomic E-state index is 13.5. The van der Waals surface area contributed by atoms with Crippen molar-refractivity contribution in [2.24, 2.45) is 4.99 Å². The molecule has 1 amide bonds. The Morgan fingerprint density at radius 3 is 2.79 bits per heavy atom. The van der Waals surface area contributed by atoms with Gasteiger partial charge in [0.2, 0.25) is 0 Å². The number of aliphatic imine (C=N–C) groups is 1. The van der Waals surface area contributed by atoms with Crippen molar-refractivity contribution < 1.29 is 13.6 Å². The van der Waals surface area contributed by atoms with Crippen LogP contribution in [0.25, 0.3) is 6.08 Å². The summed E-state index contributed by atoms with van der Waals surface area (Å²) < 4.78 is 18.6. The number of hydrogen-bond donors (Lipinski definition) is 1. The Labute approximate surface area is 108 Å². The van der Waals surface area contributed by atoms with Gasteiger partial charge in [-0.05, 0) is 24.3 Å². The first-order valence-electron chi connectivity index (χ1n) is 5.64. The number of nitrogens with zero attached hydrogens (tertiary/aromatic N) is 1. The average molecular weight is 256 g/mol. The van der Waals surface area contributed by atoms with Gasteiger partial charge in [0.1, 0.15) is 11.5 Å². The zero-order valence-corrected chi connectivity index (χ0v) is 9.76. The Hall–Kier alpha value is -2.69. The van der Waals surface area contributed by atoms with Gasteiger partial charge >= 0.3 is 0 Å². The van der Waals surface area contributed by atoms with E-state index in [-0.39, 0.29) is 11.6 Å². The van der Waals surface area contributed by atoms with Crippen LogP contribution in [0.4, 0.5) is 4.39 Å². The lowest BCUT2D eigenvalue weighted by atomic mass is 10.2. The molecule has 1 aliphatic rings. The maximum Gasteiger partial charge on any atom is 0.275 e. The summed E-state index contributed by atoms with van der Waals surface area (Å²) in [7, 11) is 0. The van der Waals surface area contributed by atoms with Gasteiger partial charge in [-0.2, -0.15) is 0 Å².